The lowest BCUT2D eigenvalue weighted by atomic mass is 9.88. The first-order valence-electron chi connectivity index (χ1n) is 9.22. The van der Waals surface area contributed by atoms with Crippen molar-refractivity contribution in [2.24, 2.45) is 0 Å². The van der Waals surface area contributed by atoms with Crippen LogP contribution in [0.15, 0.2) is 42.5 Å². The summed E-state index contributed by atoms with van der Waals surface area (Å²) in [4.78, 5) is 8.52. The molecule has 5 rings (SSSR count). The van der Waals surface area contributed by atoms with Crippen molar-refractivity contribution in [3.63, 3.8) is 0 Å². The number of anilines is 2. The highest BCUT2D eigenvalue weighted by Crippen LogP contribution is 2.48. The average molecular weight is 372 g/mol. The zero-order valence-corrected chi connectivity index (χ0v) is 15.4. The molecular weight excluding hydrogens is 352 g/mol. The van der Waals surface area contributed by atoms with Crippen LogP contribution < -0.4 is 16.2 Å². The van der Waals surface area contributed by atoms with Crippen LogP contribution in [0.1, 0.15) is 24.0 Å². The van der Waals surface area contributed by atoms with Gasteiger partial charge in [-0.15, -0.1) is 0 Å². The normalized spacial score (nSPS) is 15.7. The van der Waals surface area contributed by atoms with Gasteiger partial charge in [0.1, 0.15) is 11.6 Å². The Kier molecular flexibility index (Phi) is 3.64. The highest BCUT2D eigenvalue weighted by atomic mass is 16.5. The largest absolute Gasteiger partial charge is 0.492 e. The molecule has 0 bridgehead atoms. The molecule has 1 unspecified atom stereocenters. The molecule has 0 radical (unpaired) electrons. The number of aromatic nitrogens is 2. The minimum Gasteiger partial charge on any atom is -0.492 e. The molecule has 0 fully saturated rings. The van der Waals surface area contributed by atoms with Crippen molar-refractivity contribution >= 4 is 33.4 Å². The molecule has 0 saturated carbocycles. The average Bonchev–Trinajstić information content (AvgIpc) is 3.07. The van der Waals surface area contributed by atoms with Gasteiger partial charge in [0.15, 0.2) is 0 Å². The predicted octanol–water partition coefficient (Wildman–Crippen LogP) is 3.60. The van der Waals surface area contributed by atoms with Crippen molar-refractivity contribution in [1.29, 1.82) is 0 Å². The molecule has 6 heteroatoms. The van der Waals surface area contributed by atoms with Crippen molar-refractivity contribution in [2.75, 3.05) is 18.1 Å². The number of aliphatic hydroxyl groups excluding tert-OH is 1. The number of nitrogen functional groups attached to an aromatic ring is 2. The predicted molar refractivity (Wildman–Crippen MR) is 111 cm³/mol. The number of ether oxygens (including phenoxy) is 1. The van der Waals surface area contributed by atoms with E-state index in [0.29, 0.717) is 23.3 Å². The van der Waals surface area contributed by atoms with Crippen molar-refractivity contribution in [1.82, 2.24) is 9.97 Å². The Bertz CT molecular complexity index is 1250. The highest BCUT2D eigenvalue weighted by molar-refractivity contribution is 6.05. The Balaban J connectivity index is 1.91. The van der Waals surface area contributed by atoms with E-state index in [-0.39, 0.29) is 18.5 Å². The molecule has 1 atom stereocenters. The molecule has 0 aliphatic carbocycles. The molecular formula is C22H20N4O2. The van der Waals surface area contributed by atoms with E-state index in [1.165, 1.54) is 0 Å². The van der Waals surface area contributed by atoms with Crippen LogP contribution in [0.4, 0.5) is 11.8 Å². The Labute approximate surface area is 161 Å². The van der Waals surface area contributed by atoms with E-state index in [1.807, 2.05) is 30.3 Å². The van der Waals surface area contributed by atoms with E-state index in [9.17, 15) is 5.11 Å². The SMILES string of the molecule is CC1COc2c1c(-c1cccc3c(CO)cccc13)cc1nc(N)nc(N)c21. The van der Waals surface area contributed by atoms with E-state index >= 15 is 0 Å². The molecule has 0 amide bonds. The Morgan fingerprint density at radius 2 is 1.86 bits per heavy atom. The molecule has 3 aromatic carbocycles. The minimum absolute atomic E-state index is 0.00354. The summed E-state index contributed by atoms with van der Waals surface area (Å²) in [7, 11) is 0. The smallest absolute Gasteiger partial charge is 0.222 e. The van der Waals surface area contributed by atoms with Gasteiger partial charge < -0.3 is 21.3 Å². The van der Waals surface area contributed by atoms with Gasteiger partial charge >= 0.3 is 0 Å². The first-order valence-corrected chi connectivity index (χ1v) is 9.22. The summed E-state index contributed by atoms with van der Waals surface area (Å²) in [5, 5.41) is 12.6. The van der Waals surface area contributed by atoms with Gasteiger partial charge in [0.05, 0.1) is 24.1 Å². The maximum Gasteiger partial charge on any atom is 0.222 e. The van der Waals surface area contributed by atoms with Gasteiger partial charge in [0.25, 0.3) is 0 Å². The second-order valence-corrected chi connectivity index (χ2v) is 7.22. The van der Waals surface area contributed by atoms with E-state index in [1.54, 1.807) is 0 Å². The first kappa shape index (κ1) is 16.8. The van der Waals surface area contributed by atoms with Crippen molar-refractivity contribution in [3.8, 4) is 16.9 Å². The summed E-state index contributed by atoms with van der Waals surface area (Å²) in [5.41, 5.74) is 16.8. The zero-order chi connectivity index (χ0) is 19.4. The molecule has 28 heavy (non-hydrogen) atoms. The summed E-state index contributed by atoms with van der Waals surface area (Å²) < 4.78 is 6.02. The van der Waals surface area contributed by atoms with Crippen LogP contribution >= 0.6 is 0 Å². The monoisotopic (exact) mass is 372 g/mol. The van der Waals surface area contributed by atoms with E-state index < -0.39 is 0 Å². The molecule has 1 aliphatic rings. The summed E-state index contributed by atoms with van der Waals surface area (Å²) in [6, 6.07) is 14.1. The molecule has 140 valence electrons. The molecule has 1 aliphatic heterocycles. The van der Waals surface area contributed by atoms with Gasteiger partial charge in [0, 0.05) is 11.5 Å². The van der Waals surface area contributed by atoms with Crippen LogP contribution in [-0.4, -0.2) is 21.7 Å². The quantitative estimate of drug-likeness (QED) is 0.496. The van der Waals surface area contributed by atoms with Crippen LogP contribution in [0.2, 0.25) is 0 Å². The maximum atomic E-state index is 9.73. The van der Waals surface area contributed by atoms with Crippen molar-refractivity contribution in [2.45, 2.75) is 19.4 Å². The minimum atomic E-state index is -0.00354. The van der Waals surface area contributed by atoms with Gasteiger partial charge in [-0.25, -0.2) is 4.98 Å². The van der Waals surface area contributed by atoms with Crippen LogP contribution in [-0.2, 0) is 6.61 Å². The summed E-state index contributed by atoms with van der Waals surface area (Å²) in [6.45, 7) is 2.72. The lowest BCUT2D eigenvalue weighted by Crippen LogP contribution is -2.02. The molecule has 5 N–H and O–H groups in total. The molecule has 1 aromatic heterocycles. The summed E-state index contributed by atoms with van der Waals surface area (Å²) in [6.07, 6.45) is 0. The number of hydrogen-bond acceptors (Lipinski definition) is 6. The van der Waals surface area contributed by atoms with Gasteiger partial charge in [-0.2, -0.15) is 4.98 Å². The Morgan fingerprint density at radius 1 is 1.07 bits per heavy atom. The third kappa shape index (κ3) is 2.31. The number of nitrogens with two attached hydrogens (primary N) is 2. The van der Waals surface area contributed by atoms with Gasteiger partial charge in [-0.3, -0.25) is 0 Å². The fourth-order valence-corrected chi connectivity index (χ4v) is 4.22. The Morgan fingerprint density at radius 3 is 2.68 bits per heavy atom. The standard InChI is InChI=1S/C22H20N4O2/c1-11-10-28-20-18(11)16(8-17-19(20)21(23)26-22(24)25-17)15-7-3-5-13-12(9-27)4-2-6-14(13)15/h2-8,11,27H,9-10H2,1H3,(H4,23,24,25,26). The fourth-order valence-electron chi connectivity index (χ4n) is 4.22. The lowest BCUT2D eigenvalue weighted by molar-refractivity contribution is 0.283. The number of aliphatic hydroxyl groups is 1. The van der Waals surface area contributed by atoms with Crippen LogP contribution in [0.5, 0.6) is 5.75 Å². The van der Waals surface area contributed by atoms with Crippen LogP contribution in [0.25, 0.3) is 32.8 Å². The van der Waals surface area contributed by atoms with Gasteiger partial charge in [-0.1, -0.05) is 43.3 Å². The third-order valence-electron chi connectivity index (χ3n) is 5.47. The number of benzene rings is 3. The van der Waals surface area contributed by atoms with Crippen LogP contribution in [0.3, 0.4) is 0 Å². The van der Waals surface area contributed by atoms with Crippen molar-refractivity contribution in [3.05, 3.63) is 53.6 Å². The molecule has 4 aromatic rings. The summed E-state index contributed by atoms with van der Waals surface area (Å²) in [5.74, 6) is 1.43. The molecule has 2 heterocycles. The second kappa shape index (κ2) is 6.07. The first-order chi connectivity index (χ1) is 13.6. The summed E-state index contributed by atoms with van der Waals surface area (Å²) >= 11 is 0. The molecule has 6 nitrogen and oxygen atoms in total. The second-order valence-electron chi connectivity index (χ2n) is 7.22. The van der Waals surface area contributed by atoms with E-state index in [4.69, 9.17) is 16.2 Å². The Hall–Kier alpha value is -3.38. The molecule has 0 spiro atoms. The highest BCUT2D eigenvalue weighted by Gasteiger charge is 2.29. The number of nitrogens with zero attached hydrogens (tertiary/aromatic N) is 2. The lowest BCUT2D eigenvalue weighted by Gasteiger charge is -2.16. The molecule has 0 saturated heterocycles. The van der Waals surface area contributed by atoms with Gasteiger partial charge in [0.2, 0.25) is 5.95 Å². The van der Waals surface area contributed by atoms with E-state index in [2.05, 4.69) is 29.0 Å². The van der Waals surface area contributed by atoms with Crippen molar-refractivity contribution < 1.29 is 9.84 Å². The number of rotatable bonds is 2. The number of fused-ring (bicyclic) bond motifs is 4. The fraction of sp³-hybridized carbons (Fsp3) is 0.182. The topological polar surface area (TPSA) is 107 Å². The van der Waals surface area contributed by atoms with Crippen LogP contribution in [0, 0.1) is 0 Å². The van der Waals surface area contributed by atoms with E-state index in [0.717, 1.165) is 38.8 Å². The number of hydrogen-bond donors (Lipinski definition) is 3. The zero-order valence-electron chi connectivity index (χ0n) is 15.4. The van der Waals surface area contributed by atoms with Gasteiger partial charge in [-0.05, 0) is 33.5 Å². The third-order valence-corrected chi connectivity index (χ3v) is 5.47. The maximum absolute atomic E-state index is 9.73.